The number of hydrogen-bond acceptors (Lipinski definition) is 6. The summed E-state index contributed by atoms with van der Waals surface area (Å²) < 4.78 is 6.39. The van der Waals surface area contributed by atoms with E-state index in [0.29, 0.717) is 0 Å². The number of imidazole rings is 1. The summed E-state index contributed by atoms with van der Waals surface area (Å²) in [5, 5.41) is 18.7. The molecule has 10 heteroatoms. The number of H-pyrrole nitrogens is 3. The van der Waals surface area contributed by atoms with Gasteiger partial charge in [0.05, 0.1) is 12.7 Å². The van der Waals surface area contributed by atoms with E-state index < -0.39 is 42.0 Å². The highest BCUT2D eigenvalue weighted by atomic mass is 16.5. The molecular formula is C10H12N4O6. The number of nitrogens with zero attached hydrogens (tertiary/aromatic N) is 1. The van der Waals surface area contributed by atoms with Crippen LogP contribution in [0.3, 0.4) is 0 Å². The van der Waals surface area contributed by atoms with E-state index in [1.807, 2.05) is 4.98 Å². The molecule has 1 aliphatic heterocycles. The SMILES string of the molecule is O=c1[nH]c(=O)c2[nH]c(=O)n(C3CC(O)C(CO)O3)c2[nH]1. The van der Waals surface area contributed by atoms with Gasteiger partial charge in [0.2, 0.25) is 0 Å². The van der Waals surface area contributed by atoms with Crippen molar-refractivity contribution in [1.29, 1.82) is 0 Å². The number of fused-ring (bicyclic) bond motifs is 1. The van der Waals surface area contributed by atoms with E-state index in [9.17, 15) is 19.5 Å². The van der Waals surface area contributed by atoms with E-state index in [0.717, 1.165) is 4.57 Å². The Morgan fingerprint density at radius 3 is 2.65 bits per heavy atom. The second kappa shape index (κ2) is 4.44. The third kappa shape index (κ3) is 1.81. The molecule has 10 nitrogen and oxygen atoms in total. The van der Waals surface area contributed by atoms with Gasteiger partial charge in [-0.3, -0.25) is 24.3 Å². The molecular weight excluding hydrogens is 272 g/mol. The number of aromatic nitrogens is 4. The molecule has 3 unspecified atom stereocenters. The zero-order chi connectivity index (χ0) is 14.4. The van der Waals surface area contributed by atoms with Crippen molar-refractivity contribution in [3.8, 4) is 0 Å². The fourth-order valence-corrected chi connectivity index (χ4v) is 2.35. The van der Waals surface area contributed by atoms with Crippen LogP contribution in [0, 0.1) is 0 Å². The molecule has 0 amide bonds. The lowest BCUT2D eigenvalue weighted by atomic mass is 10.2. The monoisotopic (exact) mass is 284 g/mol. The minimum absolute atomic E-state index is 0.0143. The molecule has 20 heavy (non-hydrogen) atoms. The number of hydrogen-bond donors (Lipinski definition) is 5. The molecule has 108 valence electrons. The Morgan fingerprint density at radius 2 is 2.00 bits per heavy atom. The fourth-order valence-electron chi connectivity index (χ4n) is 2.35. The molecule has 1 fully saturated rings. The Morgan fingerprint density at radius 1 is 1.25 bits per heavy atom. The van der Waals surface area contributed by atoms with Gasteiger partial charge in [-0.05, 0) is 0 Å². The lowest BCUT2D eigenvalue weighted by Gasteiger charge is -2.12. The van der Waals surface area contributed by atoms with Gasteiger partial charge in [-0.1, -0.05) is 0 Å². The topological polar surface area (TPSA) is 153 Å². The first-order valence-corrected chi connectivity index (χ1v) is 5.92. The lowest BCUT2D eigenvalue weighted by molar-refractivity contribution is -0.0441. The zero-order valence-electron chi connectivity index (χ0n) is 10.1. The number of aliphatic hydroxyl groups excluding tert-OH is 2. The molecule has 0 bridgehead atoms. The van der Waals surface area contributed by atoms with E-state index >= 15 is 0 Å². The van der Waals surface area contributed by atoms with Gasteiger partial charge in [0.15, 0.2) is 5.52 Å². The van der Waals surface area contributed by atoms with Crippen LogP contribution in [0.5, 0.6) is 0 Å². The van der Waals surface area contributed by atoms with Gasteiger partial charge in [-0.2, -0.15) is 0 Å². The van der Waals surface area contributed by atoms with Crippen LogP contribution in [0.25, 0.3) is 11.2 Å². The van der Waals surface area contributed by atoms with Gasteiger partial charge in [0, 0.05) is 6.42 Å². The molecule has 2 aromatic rings. The highest BCUT2D eigenvalue weighted by Gasteiger charge is 2.36. The molecule has 5 N–H and O–H groups in total. The first kappa shape index (κ1) is 12.8. The number of nitrogens with one attached hydrogen (secondary N) is 3. The third-order valence-electron chi connectivity index (χ3n) is 3.29. The van der Waals surface area contributed by atoms with Crippen molar-refractivity contribution in [2.45, 2.75) is 24.9 Å². The Labute approximate surface area is 109 Å². The summed E-state index contributed by atoms with van der Waals surface area (Å²) in [6.45, 7) is -0.397. The average Bonchev–Trinajstić information content (AvgIpc) is 2.89. The van der Waals surface area contributed by atoms with Gasteiger partial charge in [-0.15, -0.1) is 0 Å². The van der Waals surface area contributed by atoms with Gasteiger partial charge in [-0.25, -0.2) is 9.59 Å². The van der Waals surface area contributed by atoms with Crippen molar-refractivity contribution in [1.82, 2.24) is 19.5 Å². The van der Waals surface area contributed by atoms with Crippen LogP contribution in [0.15, 0.2) is 14.4 Å². The van der Waals surface area contributed by atoms with E-state index in [1.165, 1.54) is 0 Å². The maximum atomic E-state index is 11.9. The van der Waals surface area contributed by atoms with Gasteiger partial charge < -0.3 is 14.9 Å². The smallest absolute Gasteiger partial charge is 0.329 e. The van der Waals surface area contributed by atoms with E-state index in [1.54, 1.807) is 0 Å². The van der Waals surface area contributed by atoms with Crippen LogP contribution in [0.4, 0.5) is 0 Å². The molecule has 1 aliphatic rings. The fraction of sp³-hybridized carbons (Fsp3) is 0.500. The molecule has 0 aromatic carbocycles. The second-order valence-electron chi connectivity index (χ2n) is 4.55. The predicted octanol–water partition coefficient (Wildman–Crippen LogP) is -2.65. The summed E-state index contributed by atoms with van der Waals surface area (Å²) in [6.07, 6.45) is -2.56. The van der Waals surface area contributed by atoms with Crippen LogP contribution in [-0.2, 0) is 4.74 Å². The number of aliphatic hydroxyl groups is 2. The second-order valence-corrected chi connectivity index (χ2v) is 4.55. The highest BCUT2D eigenvalue weighted by molar-refractivity contribution is 5.68. The summed E-state index contributed by atoms with van der Waals surface area (Å²) in [4.78, 5) is 41.4. The average molecular weight is 284 g/mol. The summed E-state index contributed by atoms with van der Waals surface area (Å²) in [6, 6.07) is 0. The van der Waals surface area contributed by atoms with Crippen LogP contribution < -0.4 is 16.9 Å². The van der Waals surface area contributed by atoms with Gasteiger partial charge >= 0.3 is 11.4 Å². The van der Waals surface area contributed by atoms with E-state index in [4.69, 9.17) is 9.84 Å². The number of rotatable bonds is 2. The predicted molar refractivity (Wildman–Crippen MR) is 65.4 cm³/mol. The van der Waals surface area contributed by atoms with Crippen molar-refractivity contribution in [2.24, 2.45) is 0 Å². The van der Waals surface area contributed by atoms with Crippen LogP contribution in [0.2, 0.25) is 0 Å². The minimum atomic E-state index is -0.935. The minimum Gasteiger partial charge on any atom is -0.394 e. The summed E-state index contributed by atoms with van der Waals surface area (Å²) in [5.41, 5.74) is -2.23. The molecule has 0 radical (unpaired) electrons. The van der Waals surface area contributed by atoms with Gasteiger partial charge in [0.25, 0.3) is 5.56 Å². The quantitative estimate of drug-likeness (QED) is 0.406. The number of aromatic amines is 3. The molecule has 1 saturated heterocycles. The molecule has 0 saturated carbocycles. The van der Waals surface area contributed by atoms with Crippen molar-refractivity contribution in [2.75, 3.05) is 6.61 Å². The van der Waals surface area contributed by atoms with E-state index in [2.05, 4.69) is 9.97 Å². The molecule has 3 atom stereocenters. The Kier molecular flexibility index (Phi) is 2.85. The van der Waals surface area contributed by atoms with E-state index in [-0.39, 0.29) is 17.6 Å². The Balaban J connectivity index is 2.18. The normalized spacial score (nSPS) is 26.4. The zero-order valence-corrected chi connectivity index (χ0v) is 10.1. The van der Waals surface area contributed by atoms with Crippen LogP contribution in [0.1, 0.15) is 12.6 Å². The van der Waals surface area contributed by atoms with Crippen molar-refractivity contribution < 1.29 is 14.9 Å². The largest absolute Gasteiger partial charge is 0.394 e. The summed E-state index contributed by atoms with van der Waals surface area (Å²) in [5.74, 6) is 0. The molecule has 0 aliphatic carbocycles. The maximum absolute atomic E-state index is 11.9. The van der Waals surface area contributed by atoms with Crippen molar-refractivity contribution in [3.63, 3.8) is 0 Å². The Hall–Kier alpha value is -2.17. The van der Waals surface area contributed by atoms with Gasteiger partial charge in [0.1, 0.15) is 18.0 Å². The first-order chi connectivity index (χ1) is 9.51. The summed E-state index contributed by atoms with van der Waals surface area (Å²) in [7, 11) is 0. The van der Waals surface area contributed by atoms with Crippen LogP contribution in [-0.4, -0.2) is 48.5 Å². The molecule has 3 rings (SSSR count). The Bertz CT molecular complexity index is 813. The third-order valence-corrected chi connectivity index (χ3v) is 3.29. The van der Waals surface area contributed by atoms with Crippen LogP contribution >= 0.6 is 0 Å². The number of ether oxygens (including phenoxy) is 1. The first-order valence-electron chi connectivity index (χ1n) is 5.92. The highest BCUT2D eigenvalue weighted by Crippen LogP contribution is 2.28. The molecule has 2 aromatic heterocycles. The maximum Gasteiger partial charge on any atom is 0.329 e. The van der Waals surface area contributed by atoms with Crippen molar-refractivity contribution >= 4 is 11.2 Å². The standard InChI is InChI=1S/C10H12N4O6/c15-2-4-3(16)1-5(20-4)14-7-6(11-10(14)19)8(17)13-9(18)12-7/h3-5,15-16H,1-2H2,(H,11,19)(H2,12,13,17,18). The molecule has 3 heterocycles. The molecule has 0 spiro atoms. The summed E-state index contributed by atoms with van der Waals surface area (Å²) >= 11 is 0. The van der Waals surface area contributed by atoms with Crippen molar-refractivity contribution in [3.05, 3.63) is 31.3 Å². The lowest BCUT2D eigenvalue weighted by Crippen LogP contribution is -2.26.